The summed E-state index contributed by atoms with van der Waals surface area (Å²) < 4.78 is 1.52. The van der Waals surface area contributed by atoms with E-state index in [4.69, 9.17) is 10.9 Å². The van der Waals surface area contributed by atoms with Crippen molar-refractivity contribution in [1.29, 1.82) is 0 Å². The maximum Gasteiger partial charge on any atom is 0.215 e. The third-order valence-electron chi connectivity index (χ3n) is 2.26. The van der Waals surface area contributed by atoms with Crippen LogP contribution in [0.2, 0.25) is 0 Å². The van der Waals surface area contributed by atoms with E-state index in [9.17, 15) is 0 Å². The van der Waals surface area contributed by atoms with Gasteiger partial charge in [0.15, 0.2) is 5.84 Å². The fraction of sp³-hybridized carbons (Fsp3) is 0.222. The molecule has 2 aromatic heterocycles. The molecule has 9 heteroatoms. The highest BCUT2D eigenvalue weighted by atomic mass is 32.2. The van der Waals surface area contributed by atoms with Crippen LogP contribution >= 0.6 is 11.8 Å². The van der Waals surface area contributed by atoms with Gasteiger partial charge >= 0.3 is 0 Å². The molecule has 0 aliphatic rings. The number of nitrogens with two attached hydrogens (primary N) is 1. The number of tetrazole rings is 1. The third-order valence-corrected chi connectivity index (χ3v) is 3.29. The molecule has 0 unspecified atom stereocenters. The summed E-state index contributed by atoms with van der Waals surface area (Å²) in [5.74, 6) is 0.0122. The summed E-state index contributed by atoms with van der Waals surface area (Å²) in [7, 11) is 1.72. The highest BCUT2D eigenvalue weighted by Crippen LogP contribution is 2.27. The second kappa shape index (κ2) is 5.00. The molecular weight excluding hydrogens is 254 g/mol. The molecule has 8 nitrogen and oxygen atoms in total. The van der Waals surface area contributed by atoms with E-state index < -0.39 is 0 Å². The molecule has 0 spiro atoms. The van der Waals surface area contributed by atoms with Gasteiger partial charge in [0.05, 0.1) is 5.56 Å². The lowest BCUT2D eigenvalue weighted by molar-refractivity contribution is 0.318. The fourth-order valence-electron chi connectivity index (χ4n) is 1.37. The Kier molecular flexibility index (Phi) is 3.42. The highest BCUT2D eigenvalue weighted by molar-refractivity contribution is 7.99. The van der Waals surface area contributed by atoms with Gasteiger partial charge in [0.25, 0.3) is 0 Å². The van der Waals surface area contributed by atoms with Crippen LogP contribution in [-0.2, 0) is 7.05 Å². The summed E-state index contributed by atoms with van der Waals surface area (Å²) in [4.78, 5) is 4.21. The smallest absolute Gasteiger partial charge is 0.215 e. The van der Waals surface area contributed by atoms with Gasteiger partial charge in [0.1, 0.15) is 5.03 Å². The molecule has 2 aromatic rings. The minimum absolute atomic E-state index is 0.0122. The van der Waals surface area contributed by atoms with E-state index in [0.29, 0.717) is 15.7 Å². The van der Waals surface area contributed by atoms with Crippen molar-refractivity contribution in [3.05, 3.63) is 23.4 Å². The minimum atomic E-state index is 0.0122. The van der Waals surface area contributed by atoms with Crippen LogP contribution in [0, 0.1) is 6.92 Å². The van der Waals surface area contributed by atoms with Crippen LogP contribution in [0.15, 0.2) is 27.6 Å². The normalized spacial score (nSPS) is 11.8. The molecule has 18 heavy (non-hydrogen) atoms. The fourth-order valence-corrected chi connectivity index (χ4v) is 2.27. The van der Waals surface area contributed by atoms with Crippen LogP contribution in [0.3, 0.4) is 0 Å². The van der Waals surface area contributed by atoms with Crippen molar-refractivity contribution >= 4 is 17.6 Å². The predicted octanol–water partition coefficient (Wildman–Crippen LogP) is 0.159. The molecule has 0 bridgehead atoms. The van der Waals surface area contributed by atoms with Gasteiger partial charge in [-0.05, 0) is 40.7 Å². The Morgan fingerprint density at radius 2 is 2.33 bits per heavy atom. The number of nitrogens with zero attached hydrogens (tertiary/aromatic N) is 6. The number of pyridine rings is 1. The summed E-state index contributed by atoms with van der Waals surface area (Å²) in [5.41, 5.74) is 7.09. The molecule has 0 aromatic carbocycles. The van der Waals surface area contributed by atoms with Gasteiger partial charge in [-0.15, -0.1) is 5.10 Å². The summed E-state index contributed by atoms with van der Waals surface area (Å²) in [6.07, 6.45) is 1.65. The molecule has 0 atom stereocenters. The number of rotatable bonds is 3. The molecule has 94 valence electrons. The van der Waals surface area contributed by atoms with E-state index in [1.807, 2.05) is 6.92 Å². The molecule has 0 fully saturated rings. The van der Waals surface area contributed by atoms with E-state index >= 15 is 0 Å². The zero-order valence-electron chi connectivity index (χ0n) is 9.77. The molecule has 0 aliphatic heterocycles. The number of hydrogen-bond acceptors (Lipinski definition) is 7. The van der Waals surface area contributed by atoms with Gasteiger partial charge < -0.3 is 10.9 Å². The van der Waals surface area contributed by atoms with Gasteiger partial charge in [0.2, 0.25) is 5.16 Å². The lowest BCUT2D eigenvalue weighted by atomic mass is 10.1. The standard InChI is InChI=1S/C9H11N7OS/c1-5-3-4-11-8(6(5)7(10)13-17)18-9-12-14-15-16(9)2/h3-4,17H,1-2H3,(H2,10,13). The first-order valence-corrected chi connectivity index (χ1v) is 5.79. The summed E-state index contributed by atoms with van der Waals surface area (Å²) in [5, 5.41) is 24.1. The van der Waals surface area contributed by atoms with Crippen molar-refractivity contribution < 1.29 is 5.21 Å². The zero-order chi connectivity index (χ0) is 13.1. The Bertz CT molecular complexity index is 594. The Balaban J connectivity index is 2.45. The monoisotopic (exact) mass is 265 g/mol. The molecule has 2 rings (SSSR count). The van der Waals surface area contributed by atoms with Crippen LogP contribution in [-0.4, -0.2) is 36.2 Å². The Hall–Kier alpha value is -2.16. The average molecular weight is 265 g/mol. The number of oxime groups is 1. The topological polar surface area (TPSA) is 115 Å². The number of aryl methyl sites for hydroxylation is 2. The van der Waals surface area contributed by atoms with Gasteiger partial charge in [-0.25, -0.2) is 9.67 Å². The van der Waals surface area contributed by atoms with Gasteiger partial charge in [-0.2, -0.15) is 0 Å². The molecule has 0 amide bonds. The van der Waals surface area contributed by atoms with Crippen molar-refractivity contribution in [2.24, 2.45) is 17.9 Å². The molecule has 0 saturated carbocycles. The van der Waals surface area contributed by atoms with E-state index in [0.717, 1.165) is 5.56 Å². The highest BCUT2D eigenvalue weighted by Gasteiger charge is 2.15. The molecule has 0 radical (unpaired) electrons. The summed E-state index contributed by atoms with van der Waals surface area (Å²) in [6.45, 7) is 1.86. The van der Waals surface area contributed by atoms with Crippen molar-refractivity contribution in [3.63, 3.8) is 0 Å². The Labute approximate surface area is 107 Å². The summed E-state index contributed by atoms with van der Waals surface area (Å²) >= 11 is 1.25. The van der Waals surface area contributed by atoms with Crippen LogP contribution in [0.4, 0.5) is 0 Å². The van der Waals surface area contributed by atoms with Crippen molar-refractivity contribution in [1.82, 2.24) is 25.2 Å². The van der Waals surface area contributed by atoms with E-state index in [2.05, 4.69) is 25.7 Å². The second-order valence-electron chi connectivity index (χ2n) is 3.48. The average Bonchev–Trinajstić information content (AvgIpc) is 2.74. The van der Waals surface area contributed by atoms with Gasteiger partial charge in [0, 0.05) is 13.2 Å². The molecular formula is C9H11N7OS. The van der Waals surface area contributed by atoms with Gasteiger partial charge in [-0.3, -0.25) is 0 Å². The van der Waals surface area contributed by atoms with Crippen LogP contribution in [0.1, 0.15) is 11.1 Å². The summed E-state index contributed by atoms with van der Waals surface area (Å²) in [6, 6.07) is 1.78. The van der Waals surface area contributed by atoms with Crippen LogP contribution < -0.4 is 5.73 Å². The van der Waals surface area contributed by atoms with Gasteiger partial charge in [-0.1, -0.05) is 5.16 Å². The quantitative estimate of drug-likeness (QED) is 0.351. The largest absolute Gasteiger partial charge is 0.409 e. The van der Waals surface area contributed by atoms with Crippen molar-refractivity contribution in [3.8, 4) is 0 Å². The molecule has 2 heterocycles. The molecule has 3 N–H and O–H groups in total. The van der Waals surface area contributed by atoms with E-state index in [-0.39, 0.29) is 5.84 Å². The minimum Gasteiger partial charge on any atom is -0.409 e. The first kappa shape index (κ1) is 12.3. The lowest BCUT2D eigenvalue weighted by Crippen LogP contribution is -2.16. The third kappa shape index (κ3) is 2.25. The van der Waals surface area contributed by atoms with Crippen molar-refractivity contribution in [2.75, 3.05) is 0 Å². The maximum atomic E-state index is 8.80. The zero-order valence-corrected chi connectivity index (χ0v) is 10.6. The Morgan fingerprint density at radius 3 is 2.94 bits per heavy atom. The van der Waals surface area contributed by atoms with Crippen LogP contribution in [0.25, 0.3) is 0 Å². The Morgan fingerprint density at radius 1 is 1.56 bits per heavy atom. The second-order valence-corrected chi connectivity index (χ2v) is 4.44. The number of amidine groups is 1. The molecule has 0 aliphatic carbocycles. The molecule has 0 saturated heterocycles. The lowest BCUT2D eigenvalue weighted by Gasteiger charge is -2.08. The van der Waals surface area contributed by atoms with Crippen LogP contribution in [0.5, 0.6) is 0 Å². The number of hydrogen-bond donors (Lipinski definition) is 2. The number of aromatic nitrogens is 5. The van der Waals surface area contributed by atoms with Crippen molar-refractivity contribution in [2.45, 2.75) is 17.1 Å². The predicted molar refractivity (Wildman–Crippen MR) is 64.4 cm³/mol. The first-order valence-electron chi connectivity index (χ1n) is 4.97. The maximum absolute atomic E-state index is 8.80. The van der Waals surface area contributed by atoms with E-state index in [1.54, 1.807) is 19.3 Å². The SMILES string of the molecule is Cc1ccnc(Sc2nnnn2C)c1/C(N)=N/O. The van der Waals surface area contributed by atoms with E-state index in [1.165, 1.54) is 16.4 Å². The first-order chi connectivity index (χ1) is 8.63.